The minimum absolute atomic E-state index is 0.181. The number of pyridine rings is 2. The highest BCUT2D eigenvalue weighted by Gasteiger charge is 2.34. The minimum Gasteiger partial charge on any atom is -0.360 e. The Labute approximate surface area is 195 Å². The van der Waals surface area contributed by atoms with E-state index in [1.807, 2.05) is 27.7 Å². The molecule has 176 valence electrons. The molecule has 0 N–H and O–H groups in total. The van der Waals surface area contributed by atoms with Gasteiger partial charge in [0.15, 0.2) is 5.78 Å². The van der Waals surface area contributed by atoms with Gasteiger partial charge in [0, 0.05) is 38.8 Å². The van der Waals surface area contributed by atoms with Gasteiger partial charge in [-0.2, -0.15) is 13.2 Å². The van der Waals surface area contributed by atoms with E-state index in [0.29, 0.717) is 22.4 Å². The van der Waals surface area contributed by atoms with Gasteiger partial charge in [0.05, 0.1) is 5.60 Å². The number of thiophene rings is 1. The molecule has 0 aliphatic heterocycles. The molecule has 3 aromatic heterocycles. The van der Waals surface area contributed by atoms with Crippen molar-refractivity contribution in [2.24, 2.45) is 0 Å². The topological polar surface area (TPSA) is 52.1 Å². The van der Waals surface area contributed by atoms with E-state index in [4.69, 9.17) is 9.72 Å². The van der Waals surface area contributed by atoms with Gasteiger partial charge in [-0.15, -0.1) is 11.3 Å². The van der Waals surface area contributed by atoms with Gasteiger partial charge in [0.2, 0.25) is 0 Å². The van der Waals surface area contributed by atoms with Crippen LogP contribution in [0.15, 0.2) is 18.3 Å². The minimum atomic E-state index is -4.52. The summed E-state index contributed by atoms with van der Waals surface area (Å²) in [4.78, 5) is 23.5. The number of ketones is 1. The van der Waals surface area contributed by atoms with Gasteiger partial charge < -0.3 is 4.74 Å². The third-order valence-corrected chi connectivity index (χ3v) is 6.96. The third kappa shape index (κ3) is 4.68. The average Bonchev–Trinajstić information content (AvgIpc) is 3.07. The zero-order chi connectivity index (χ0) is 24.1. The van der Waals surface area contributed by atoms with Gasteiger partial charge in [0.25, 0.3) is 0 Å². The Kier molecular flexibility index (Phi) is 6.12. The zero-order valence-corrected chi connectivity index (χ0v) is 20.2. The second-order valence-electron chi connectivity index (χ2n) is 9.53. The van der Waals surface area contributed by atoms with Gasteiger partial charge in [-0.3, -0.25) is 9.78 Å². The van der Waals surface area contributed by atoms with Crippen molar-refractivity contribution in [2.45, 2.75) is 78.2 Å². The molecule has 4 rings (SSSR count). The van der Waals surface area contributed by atoms with Gasteiger partial charge in [-0.1, -0.05) is 6.07 Å². The maximum absolute atomic E-state index is 13.2. The van der Waals surface area contributed by atoms with Crippen LogP contribution in [0.5, 0.6) is 0 Å². The van der Waals surface area contributed by atoms with Crippen molar-refractivity contribution in [2.75, 3.05) is 0 Å². The van der Waals surface area contributed by atoms with Crippen molar-refractivity contribution in [3.05, 3.63) is 45.7 Å². The molecule has 3 heterocycles. The summed E-state index contributed by atoms with van der Waals surface area (Å²) >= 11 is 1.63. The van der Waals surface area contributed by atoms with Crippen molar-refractivity contribution < 1.29 is 22.7 Å². The van der Waals surface area contributed by atoms with Crippen molar-refractivity contribution >= 4 is 27.3 Å². The van der Waals surface area contributed by atoms with Crippen LogP contribution in [0, 0.1) is 6.92 Å². The summed E-state index contributed by atoms with van der Waals surface area (Å²) in [6, 6.07) is 2.43. The first kappa shape index (κ1) is 23.8. The molecule has 3 aromatic rings. The molecule has 0 fully saturated rings. The highest BCUT2D eigenvalue weighted by Crippen LogP contribution is 2.46. The molecule has 0 spiro atoms. The van der Waals surface area contributed by atoms with Crippen molar-refractivity contribution in [1.82, 2.24) is 9.97 Å². The predicted molar refractivity (Wildman–Crippen MR) is 123 cm³/mol. The lowest BCUT2D eigenvalue weighted by Crippen LogP contribution is -2.27. The van der Waals surface area contributed by atoms with Crippen LogP contribution in [-0.4, -0.2) is 21.4 Å². The number of carbonyl (C=O) groups excluding carboxylic acids is 1. The monoisotopic (exact) mass is 476 g/mol. The van der Waals surface area contributed by atoms with E-state index in [0.717, 1.165) is 42.0 Å². The number of Topliss-reactive ketones (excluding diaryl/α,β-unsaturated/α-hetero) is 1. The van der Waals surface area contributed by atoms with E-state index >= 15 is 0 Å². The molecule has 1 aliphatic rings. The molecular formula is C25H27F3N2O2S. The quantitative estimate of drug-likeness (QED) is 0.406. The predicted octanol–water partition coefficient (Wildman–Crippen LogP) is 7.01. The number of halogens is 3. The lowest BCUT2D eigenvalue weighted by atomic mass is 9.87. The molecule has 8 heteroatoms. The number of carbonyl (C=O) groups is 1. The van der Waals surface area contributed by atoms with Crippen LogP contribution < -0.4 is 0 Å². The van der Waals surface area contributed by atoms with Gasteiger partial charge >= 0.3 is 6.18 Å². The third-order valence-electron chi connectivity index (χ3n) is 5.78. The van der Waals surface area contributed by atoms with E-state index in [2.05, 4.69) is 4.98 Å². The van der Waals surface area contributed by atoms with E-state index < -0.39 is 23.6 Å². The Morgan fingerprint density at radius 1 is 1.15 bits per heavy atom. The van der Waals surface area contributed by atoms with Crippen molar-refractivity contribution in [1.29, 1.82) is 0 Å². The fourth-order valence-electron chi connectivity index (χ4n) is 4.44. The second-order valence-corrected chi connectivity index (χ2v) is 10.6. The molecule has 4 nitrogen and oxygen atoms in total. The van der Waals surface area contributed by atoms with Gasteiger partial charge in [0.1, 0.15) is 16.6 Å². The average molecular weight is 477 g/mol. The molecule has 1 aliphatic carbocycles. The van der Waals surface area contributed by atoms with Crippen LogP contribution in [0.1, 0.15) is 74.0 Å². The number of hydrogen-bond acceptors (Lipinski definition) is 5. The van der Waals surface area contributed by atoms with Crippen LogP contribution in [0.2, 0.25) is 0 Å². The number of aryl methyl sites for hydroxylation is 3. The van der Waals surface area contributed by atoms with Crippen molar-refractivity contribution in [3.8, 4) is 11.1 Å². The highest BCUT2D eigenvalue weighted by atomic mass is 32.1. The summed E-state index contributed by atoms with van der Waals surface area (Å²) in [7, 11) is 0. The molecular weight excluding hydrogens is 449 g/mol. The second kappa shape index (κ2) is 8.47. The Morgan fingerprint density at radius 2 is 1.85 bits per heavy atom. The van der Waals surface area contributed by atoms with Crippen LogP contribution >= 0.6 is 11.3 Å². The first-order chi connectivity index (χ1) is 15.4. The first-order valence-corrected chi connectivity index (χ1v) is 11.8. The van der Waals surface area contributed by atoms with Crippen LogP contribution in [-0.2, 0) is 28.5 Å². The summed E-state index contributed by atoms with van der Waals surface area (Å²) in [6.07, 6.45) is -0.174. The number of rotatable bonds is 4. The van der Waals surface area contributed by atoms with E-state index in [-0.39, 0.29) is 5.78 Å². The maximum atomic E-state index is 13.2. The van der Waals surface area contributed by atoms with Gasteiger partial charge in [-0.25, -0.2) is 4.98 Å². The molecule has 0 radical (unpaired) electrons. The first-order valence-electron chi connectivity index (χ1n) is 11.0. The van der Waals surface area contributed by atoms with Crippen LogP contribution in [0.4, 0.5) is 13.2 Å². The van der Waals surface area contributed by atoms with Gasteiger partial charge in [-0.05, 0) is 71.9 Å². The van der Waals surface area contributed by atoms with Crippen LogP contribution in [0.3, 0.4) is 0 Å². The Hall–Kier alpha value is -2.32. The molecule has 0 saturated carbocycles. The fraction of sp³-hybridized carbons (Fsp3) is 0.480. The van der Waals surface area contributed by atoms with E-state index in [9.17, 15) is 18.0 Å². The lowest BCUT2D eigenvalue weighted by Gasteiger charge is -2.29. The summed E-state index contributed by atoms with van der Waals surface area (Å²) in [5.74, 6) is -0.181. The number of ether oxygens (including phenoxy) is 1. The molecule has 0 bridgehead atoms. The lowest BCUT2D eigenvalue weighted by molar-refractivity contribution is -0.141. The summed E-state index contributed by atoms with van der Waals surface area (Å²) in [6.45, 7) is 8.91. The summed E-state index contributed by atoms with van der Waals surface area (Å²) < 4.78 is 45.7. The Balaban J connectivity index is 2.05. The molecule has 33 heavy (non-hydrogen) atoms. The smallest absolute Gasteiger partial charge is 0.360 e. The molecule has 1 unspecified atom stereocenters. The summed E-state index contributed by atoms with van der Waals surface area (Å²) in [5.41, 5.74) is 2.12. The Morgan fingerprint density at radius 3 is 2.42 bits per heavy atom. The highest BCUT2D eigenvalue weighted by molar-refractivity contribution is 7.19. The fourth-order valence-corrected chi connectivity index (χ4v) is 5.76. The van der Waals surface area contributed by atoms with Crippen molar-refractivity contribution in [3.63, 3.8) is 0 Å². The molecule has 0 amide bonds. The number of aromatic nitrogens is 2. The molecule has 0 saturated heterocycles. The van der Waals surface area contributed by atoms with E-state index in [1.54, 1.807) is 11.3 Å². The number of nitrogens with zero attached hydrogens (tertiary/aromatic N) is 2. The SMILES string of the molecule is CC(=O)C(OC(C)(C)C)c1c(C)nc2sc3c(c2c1-c1ccc(C(F)(F)F)nc1)CCCC3. The zero-order valence-electron chi connectivity index (χ0n) is 19.4. The largest absolute Gasteiger partial charge is 0.433 e. The van der Waals surface area contributed by atoms with Crippen LogP contribution in [0.25, 0.3) is 21.3 Å². The normalized spacial score (nSPS) is 15.5. The number of hydrogen-bond donors (Lipinski definition) is 0. The Bertz CT molecular complexity index is 1210. The maximum Gasteiger partial charge on any atom is 0.433 e. The molecule has 1 atom stereocenters. The number of fused-ring (bicyclic) bond motifs is 3. The molecule has 0 aromatic carbocycles. The van der Waals surface area contributed by atoms with E-state index in [1.165, 1.54) is 29.6 Å². The summed E-state index contributed by atoms with van der Waals surface area (Å²) in [5, 5.41) is 0.917. The number of alkyl halides is 3. The standard InChI is InChI=1S/C25H27F3N2O2S/c1-13-19(22(14(2)31)32-24(3,4)5)20(15-10-11-18(29-12-15)25(26,27)28)21-16-8-6-7-9-17(16)33-23(21)30-13/h10-12,22H,6-9H2,1-5H3.